The highest BCUT2D eigenvalue weighted by molar-refractivity contribution is 5.09. The molecular weight excluding hydrogens is 146 g/mol. The van der Waals surface area contributed by atoms with Crippen molar-refractivity contribution in [1.82, 2.24) is 0 Å². The molecule has 2 aliphatic rings. The Labute approximate surface area is 74.8 Å². The van der Waals surface area contributed by atoms with Crippen LogP contribution >= 0.6 is 0 Å². The van der Waals surface area contributed by atoms with E-state index in [9.17, 15) is 0 Å². The molecule has 2 saturated carbocycles. The summed E-state index contributed by atoms with van der Waals surface area (Å²) in [7, 11) is 0. The smallest absolute Gasteiger partial charge is 0.0659 e. The lowest BCUT2D eigenvalue weighted by molar-refractivity contribution is -0.00379. The van der Waals surface area contributed by atoms with Crippen LogP contribution in [0.2, 0.25) is 0 Å². The Kier molecular flexibility index (Phi) is 1.68. The SMILES string of the molecule is CC1CC(C#N)C2C(C)C(C)C12. The minimum absolute atomic E-state index is 0.371. The summed E-state index contributed by atoms with van der Waals surface area (Å²) >= 11 is 0. The van der Waals surface area contributed by atoms with Crippen molar-refractivity contribution in [3.05, 3.63) is 0 Å². The Morgan fingerprint density at radius 2 is 1.67 bits per heavy atom. The zero-order chi connectivity index (χ0) is 8.88. The maximum atomic E-state index is 8.96. The number of fused-ring (bicyclic) bond motifs is 1. The molecule has 0 bridgehead atoms. The summed E-state index contributed by atoms with van der Waals surface area (Å²) in [6.45, 7) is 6.98. The van der Waals surface area contributed by atoms with Crippen LogP contribution in [0.4, 0.5) is 0 Å². The fourth-order valence-corrected chi connectivity index (χ4v) is 3.64. The molecule has 0 amide bonds. The van der Waals surface area contributed by atoms with Crippen molar-refractivity contribution in [3.63, 3.8) is 0 Å². The fourth-order valence-electron chi connectivity index (χ4n) is 3.64. The average Bonchev–Trinajstić information content (AvgIpc) is 2.38. The first-order valence-electron chi connectivity index (χ1n) is 5.06. The molecule has 1 heteroatoms. The molecule has 0 spiro atoms. The first-order chi connectivity index (χ1) is 5.66. The van der Waals surface area contributed by atoms with Gasteiger partial charge in [0.2, 0.25) is 0 Å². The molecule has 2 rings (SSSR count). The van der Waals surface area contributed by atoms with Crippen LogP contribution in [0.1, 0.15) is 27.2 Å². The van der Waals surface area contributed by atoms with Crippen LogP contribution in [0.5, 0.6) is 0 Å². The molecule has 0 aromatic carbocycles. The number of nitrogens with zero attached hydrogens (tertiary/aromatic N) is 1. The van der Waals surface area contributed by atoms with Gasteiger partial charge in [-0.1, -0.05) is 20.8 Å². The monoisotopic (exact) mass is 163 g/mol. The molecule has 0 aromatic rings. The molecule has 2 aliphatic carbocycles. The predicted octanol–water partition coefficient (Wildman–Crippen LogP) is 2.68. The summed E-state index contributed by atoms with van der Waals surface area (Å²) in [6, 6.07) is 2.48. The molecule has 6 atom stereocenters. The normalized spacial score (nSPS) is 57.2. The second kappa shape index (κ2) is 2.49. The summed E-state index contributed by atoms with van der Waals surface area (Å²) < 4.78 is 0. The van der Waals surface area contributed by atoms with Gasteiger partial charge in [0, 0.05) is 5.92 Å². The number of hydrogen-bond donors (Lipinski definition) is 0. The van der Waals surface area contributed by atoms with Gasteiger partial charge in [-0.2, -0.15) is 5.26 Å². The van der Waals surface area contributed by atoms with Gasteiger partial charge in [-0.15, -0.1) is 0 Å². The summed E-state index contributed by atoms with van der Waals surface area (Å²) in [5, 5.41) is 8.96. The Hall–Kier alpha value is -0.510. The minimum Gasteiger partial charge on any atom is -0.198 e. The average molecular weight is 163 g/mol. The van der Waals surface area contributed by atoms with Crippen LogP contribution in [0.3, 0.4) is 0 Å². The van der Waals surface area contributed by atoms with Crippen molar-refractivity contribution in [2.75, 3.05) is 0 Å². The lowest BCUT2D eigenvalue weighted by Gasteiger charge is -2.48. The fraction of sp³-hybridized carbons (Fsp3) is 0.909. The Balaban J connectivity index is 2.17. The van der Waals surface area contributed by atoms with Crippen molar-refractivity contribution < 1.29 is 0 Å². The van der Waals surface area contributed by atoms with E-state index in [0.717, 1.165) is 36.0 Å². The second-order valence-corrected chi connectivity index (χ2v) is 4.82. The second-order valence-electron chi connectivity index (χ2n) is 4.82. The van der Waals surface area contributed by atoms with Crippen LogP contribution in [-0.2, 0) is 0 Å². The van der Waals surface area contributed by atoms with E-state index in [0.29, 0.717) is 5.92 Å². The Morgan fingerprint density at radius 1 is 1.08 bits per heavy atom. The van der Waals surface area contributed by atoms with Gasteiger partial charge in [0.25, 0.3) is 0 Å². The van der Waals surface area contributed by atoms with Crippen molar-refractivity contribution >= 4 is 0 Å². The van der Waals surface area contributed by atoms with Gasteiger partial charge in [0.15, 0.2) is 0 Å². The molecule has 66 valence electrons. The van der Waals surface area contributed by atoms with Crippen LogP contribution in [0.15, 0.2) is 0 Å². The zero-order valence-electron chi connectivity index (χ0n) is 8.12. The third-order valence-electron chi connectivity index (χ3n) is 4.40. The largest absolute Gasteiger partial charge is 0.198 e. The maximum absolute atomic E-state index is 8.96. The van der Waals surface area contributed by atoms with E-state index < -0.39 is 0 Å². The molecule has 1 nitrogen and oxygen atoms in total. The summed E-state index contributed by atoms with van der Waals surface area (Å²) in [5.41, 5.74) is 0. The first-order valence-corrected chi connectivity index (χ1v) is 5.06. The maximum Gasteiger partial charge on any atom is 0.0659 e. The summed E-state index contributed by atoms with van der Waals surface area (Å²) in [6.07, 6.45) is 1.15. The minimum atomic E-state index is 0.371. The Bertz CT molecular complexity index is 228. The molecule has 12 heavy (non-hydrogen) atoms. The van der Waals surface area contributed by atoms with Gasteiger partial charge < -0.3 is 0 Å². The molecule has 2 fully saturated rings. The van der Waals surface area contributed by atoms with Gasteiger partial charge >= 0.3 is 0 Å². The topological polar surface area (TPSA) is 23.8 Å². The van der Waals surface area contributed by atoms with Crippen molar-refractivity contribution in [3.8, 4) is 6.07 Å². The highest BCUT2D eigenvalue weighted by Gasteiger charge is 2.55. The predicted molar refractivity (Wildman–Crippen MR) is 48.2 cm³/mol. The van der Waals surface area contributed by atoms with E-state index in [1.807, 2.05) is 0 Å². The summed E-state index contributed by atoms with van der Waals surface area (Å²) in [4.78, 5) is 0. The van der Waals surface area contributed by atoms with Gasteiger partial charge in [-0.3, -0.25) is 0 Å². The molecule has 0 saturated heterocycles. The van der Waals surface area contributed by atoms with Crippen LogP contribution in [-0.4, -0.2) is 0 Å². The third kappa shape index (κ3) is 0.787. The number of hydrogen-bond acceptors (Lipinski definition) is 1. The standard InChI is InChI=1S/C11H17N/c1-6-4-9(5-12)11-8(3)7(2)10(6)11/h6-11H,4H2,1-3H3. The number of rotatable bonds is 0. The molecule has 0 aromatic heterocycles. The summed E-state index contributed by atoms with van der Waals surface area (Å²) in [5.74, 6) is 4.43. The van der Waals surface area contributed by atoms with Gasteiger partial charge in [0.1, 0.15) is 0 Å². The molecular formula is C11H17N. The van der Waals surface area contributed by atoms with E-state index in [1.54, 1.807) is 0 Å². The van der Waals surface area contributed by atoms with E-state index in [1.165, 1.54) is 0 Å². The number of nitriles is 1. The highest BCUT2D eigenvalue weighted by atomic mass is 14.6. The van der Waals surface area contributed by atoms with E-state index >= 15 is 0 Å². The van der Waals surface area contributed by atoms with Crippen LogP contribution in [0.25, 0.3) is 0 Å². The quantitative estimate of drug-likeness (QED) is 0.538. The molecule has 0 radical (unpaired) electrons. The van der Waals surface area contributed by atoms with E-state index in [2.05, 4.69) is 26.8 Å². The van der Waals surface area contributed by atoms with E-state index in [4.69, 9.17) is 5.26 Å². The molecule has 0 aliphatic heterocycles. The van der Waals surface area contributed by atoms with Crippen LogP contribution < -0.4 is 0 Å². The van der Waals surface area contributed by atoms with Gasteiger partial charge in [0.05, 0.1) is 6.07 Å². The lowest BCUT2D eigenvalue weighted by atomic mass is 9.56. The van der Waals surface area contributed by atoms with E-state index in [-0.39, 0.29) is 0 Å². The third-order valence-corrected chi connectivity index (χ3v) is 4.40. The van der Waals surface area contributed by atoms with Gasteiger partial charge in [-0.05, 0) is 36.0 Å². The van der Waals surface area contributed by atoms with Gasteiger partial charge in [-0.25, -0.2) is 0 Å². The van der Waals surface area contributed by atoms with Crippen molar-refractivity contribution in [1.29, 1.82) is 5.26 Å². The van der Waals surface area contributed by atoms with Crippen molar-refractivity contribution in [2.24, 2.45) is 35.5 Å². The van der Waals surface area contributed by atoms with Crippen LogP contribution in [0, 0.1) is 46.8 Å². The highest BCUT2D eigenvalue weighted by Crippen LogP contribution is 2.59. The lowest BCUT2D eigenvalue weighted by Crippen LogP contribution is -2.44. The van der Waals surface area contributed by atoms with Crippen molar-refractivity contribution in [2.45, 2.75) is 27.2 Å². The zero-order valence-corrected chi connectivity index (χ0v) is 8.12. The molecule has 0 heterocycles. The Morgan fingerprint density at radius 3 is 2.25 bits per heavy atom. The first kappa shape index (κ1) is 8.10. The molecule has 0 N–H and O–H groups in total. The molecule has 6 unspecified atom stereocenters.